The smallest absolute Gasteiger partial charge is 0.244 e. The Morgan fingerprint density at radius 3 is 2.50 bits per heavy atom. The number of amides is 1. The quantitative estimate of drug-likeness (QED) is 0.828. The van der Waals surface area contributed by atoms with Gasteiger partial charge in [-0.1, -0.05) is 36.4 Å². The van der Waals surface area contributed by atoms with Crippen LogP contribution in [0, 0.1) is 5.92 Å². The molecule has 0 unspecified atom stereocenters. The largest absolute Gasteiger partial charge is 0.341 e. The van der Waals surface area contributed by atoms with Gasteiger partial charge in [-0.05, 0) is 24.3 Å². The van der Waals surface area contributed by atoms with Gasteiger partial charge in [-0.25, -0.2) is 0 Å². The van der Waals surface area contributed by atoms with E-state index >= 15 is 0 Å². The number of nitrogens with zero attached hydrogens (tertiary/aromatic N) is 1. The number of likely N-dealkylation sites (tertiary alicyclic amines) is 1. The lowest BCUT2D eigenvalue weighted by atomic mass is 9.96. The van der Waals surface area contributed by atoms with E-state index in [1.807, 2.05) is 41.3 Å². The first-order valence-electron chi connectivity index (χ1n) is 6.44. The summed E-state index contributed by atoms with van der Waals surface area (Å²) >= 11 is 0. The predicted molar refractivity (Wildman–Crippen MR) is 72.9 cm³/mol. The molecule has 96 valence electrons. The highest BCUT2D eigenvalue weighted by atomic mass is 16.2. The lowest BCUT2D eigenvalue weighted by Crippen LogP contribution is -2.43. The summed E-state index contributed by atoms with van der Waals surface area (Å²) in [5.74, 6) is 0.575. The van der Waals surface area contributed by atoms with Crippen molar-refractivity contribution in [3.05, 3.63) is 48.6 Å². The second-order valence-electron chi connectivity index (χ2n) is 4.79. The molecule has 2 N–H and O–H groups in total. The Balaban J connectivity index is 1.98. The highest BCUT2D eigenvalue weighted by Gasteiger charge is 2.25. The molecule has 0 saturated carbocycles. The Bertz CT molecular complexity index is 408. The van der Waals surface area contributed by atoms with Gasteiger partial charge in [-0.3, -0.25) is 4.79 Å². The molecule has 1 aromatic carbocycles. The van der Waals surface area contributed by atoms with Gasteiger partial charge in [-0.2, -0.15) is 0 Å². The Hall–Kier alpha value is -1.61. The summed E-state index contributed by atoms with van der Waals surface area (Å²) in [5, 5.41) is 0. The van der Waals surface area contributed by atoms with Crippen molar-refractivity contribution in [1.82, 2.24) is 4.90 Å². The van der Waals surface area contributed by atoms with E-state index in [0.717, 1.165) is 31.5 Å². The average Bonchev–Trinajstić information content (AvgIpc) is 2.47. The number of rotatable bonds is 3. The van der Waals surface area contributed by atoms with Crippen molar-refractivity contribution in [2.45, 2.75) is 18.9 Å². The van der Waals surface area contributed by atoms with E-state index in [4.69, 9.17) is 5.73 Å². The molecular formula is C15H20N2O. The van der Waals surface area contributed by atoms with Gasteiger partial charge in [0.15, 0.2) is 0 Å². The Kier molecular flexibility index (Phi) is 4.15. The number of hydrogen-bond donors (Lipinski definition) is 1. The van der Waals surface area contributed by atoms with Crippen LogP contribution in [0.15, 0.2) is 43.0 Å². The molecule has 2 rings (SSSR count). The summed E-state index contributed by atoms with van der Waals surface area (Å²) in [6.07, 6.45) is 3.98. The van der Waals surface area contributed by atoms with Gasteiger partial charge in [0.05, 0.1) is 0 Å². The van der Waals surface area contributed by atoms with Gasteiger partial charge < -0.3 is 10.6 Å². The molecule has 18 heavy (non-hydrogen) atoms. The third-order valence-corrected chi connectivity index (χ3v) is 3.61. The van der Waals surface area contributed by atoms with Gasteiger partial charge in [0, 0.05) is 13.1 Å². The van der Waals surface area contributed by atoms with E-state index in [2.05, 4.69) is 6.58 Å². The minimum atomic E-state index is -0.536. The fourth-order valence-electron chi connectivity index (χ4n) is 2.36. The average molecular weight is 244 g/mol. The topological polar surface area (TPSA) is 46.3 Å². The first kappa shape index (κ1) is 12.8. The van der Waals surface area contributed by atoms with Crippen molar-refractivity contribution >= 4 is 5.91 Å². The van der Waals surface area contributed by atoms with Crippen LogP contribution in [-0.2, 0) is 4.79 Å². The Morgan fingerprint density at radius 1 is 1.33 bits per heavy atom. The molecule has 1 aliphatic heterocycles. The van der Waals surface area contributed by atoms with Crippen LogP contribution >= 0.6 is 0 Å². The molecule has 1 atom stereocenters. The molecule has 0 bridgehead atoms. The van der Waals surface area contributed by atoms with Crippen LogP contribution in [0.5, 0.6) is 0 Å². The first-order chi connectivity index (χ1) is 8.72. The maximum atomic E-state index is 12.3. The van der Waals surface area contributed by atoms with Crippen LogP contribution in [0.2, 0.25) is 0 Å². The van der Waals surface area contributed by atoms with Crippen LogP contribution in [0.4, 0.5) is 0 Å². The highest BCUT2D eigenvalue weighted by molar-refractivity contribution is 5.83. The summed E-state index contributed by atoms with van der Waals surface area (Å²) < 4.78 is 0. The highest BCUT2D eigenvalue weighted by Crippen LogP contribution is 2.21. The number of allylic oxidation sites excluding steroid dienone is 1. The maximum absolute atomic E-state index is 12.3. The second kappa shape index (κ2) is 5.83. The van der Waals surface area contributed by atoms with Crippen molar-refractivity contribution in [3.8, 4) is 0 Å². The van der Waals surface area contributed by atoms with Crippen molar-refractivity contribution in [1.29, 1.82) is 0 Å². The Morgan fingerprint density at radius 2 is 1.94 bits per heavy atom. The molecule has 1 heterocycles. The zero-order valence-corrected chi connectivity index (χ0v) is 10.6. The fourth-order valence-corrected chi connectivity index (χ4v) is 2.36. The van der Waals surface area contributed by atoms with E-state index in [1.165, 1.54) is 0 Å². The number of hydrogen-bond acceptors (Lipinski definition) is 2. The molecule has 0 aromatic heterocycles. The molecule has 3 heteroatoms. The molecule has 1 aliphatic rings. The van der Waals surface area contributed by atoms with E-state index < -0.39 is 6.04 Å². The van der Waals surface area contributed by atoms with Crippen molar-refractivity contribution < 1.29 is 4.79 Å². The summed E-state index contributed by atoms with van der Waals surface area (Å²) in [6, 6.07) is 9.01. The number of nitrogens with two attached hydrogens (primary N) is 1. The predicted octanol–water partition coefficient (Wildman–Crippen LogP) is 2.11. The minimum absolute atomic E-state index is 0.0312. The SMILES string of the molecule is C=CC1CCN(C(=O)[C@@H](N)c2ccccc2)CC1. The monoisotopic (exact) mass is 244 g/mol. The normalized spacial score (nSPS) is 18.4. The second-order valence-corrected chi connectivity index (χ2v) is 4.79. The lowest BCUT2D eigenvalue weighted by Gasteiger charge is -2.32. The molecule has 3 nitrogen and oxygen atoms in total. The third-order valence-electron chi connectivity index (χ3n) is 3.61. The maximum Gasteiger partial charge on any atom is 0.244 e. The molecule has 0 spiro atoms. The summed E-state index contributed by atoms with van der Waals surface area (Å²) in [5.41, 5.74) is 6.91. The lowest BCUT2D eigenvalue weighted by molar-refractivity contribution is -0.133. The van der Waals surface area contributed by atoms with Crippen LogP contribution in [0.25, 0.3) is 0 Å². The summed E-state index contributed by atoms with van der Waals surface area (Å²) in [6.45, 7) is 5.38. The molecule has 0 aliphatic carbocycles. The van der Waals surface area contributed by atoms with E-state index in [0.29, 0.717) is 5.92 Å². The molecule has 1 fully saturated rings. The van der Waals surface area contributed by atoms with Crippen LogP contribution in [0.3, 0.4) is 0 Å². The van der Waals surface area contributed by atoms with Gasteiger partial charge >= 0.3 is 0 Å². The molecular weight excluding hydrogens is 224 g/mol. The van der Waals surface area contributed by atoms with Gasteiger partial charge in [-0.15, -0.1) is 6.58 Å². The molecule has 0 radical (unpaired) electrons. The van der Waals surface area contributed by atoms with Crippen LogP contribution in [0.1, 0.15) is 24.4 Å². The van der Waals surface area contributed by atoms with Crippen molar-refractivity contribution in [3.63, 3.8) is 0 Å². The number of piperidine rings is 1. The van der Waals surface area contributed by atoms with E-state index in [9.17, 15) is 4.79 Å². The number of carbonyl (C=O) groups is 1. The number of carbonyl (C=O) groups excluding carboxylic acids is 1. The minimum Gasteiger partial charge on any atom is -0.341 e. The molecule has 1 amide bonds. The van der Waals surface area contributed by atoms with E-state index in [1.54, 1.807) is 0 Å². The zero-order valence-electron chi connectivity index (χ0n) is 10.6. The fraction of sp³-hybridized carbons (Fsp3) is 0.400. The number of benzene rings is 1. The van der Waals surface area contributed by atoms with Crippen molar-refractivity contribution in [2.24, 2.45) is 11.7 Å². The molecule has 1 aromatic rings. The van der Waals surface area contributed by atoms with Crippen molar-refractivity contribution in [2.75, 3.05) is 13.1 Å². The summed E-state index contributed by atoms with van der Waals surface area (Å²) in [7, 11) is 0. The van der Waals surface area contributed by atoms with Gasteiger partial charge in [0.2, 0.25) is 5.91 Å². The van der Waals surface area contributed by atoms with Crippen LogP contribution in [-0.4, -0.2) is 23.9 Å². The van der Waals surface area contributed by atoms with E-state index in [-0.39, 0.29) is 5.91 Å². The van der Waals surface area contributed by atoms with Crippen LogP contribution < -0.4 is 5.73 Å². The first-order valence-corrected chi connectivity index (χ1v) is 6.44. The van der Waals surface area contributed by atoms with Gasteiger partial charge in [0.25, 0.3) is 0 Å². The third kappa shape index (κ3) is 2.79. The van der Waals surface area contributed by atoms with Gasteiger partial charge in [0.1, 0.15) is 6.04 Å². The Labute approximate surface area is 108 Å². The molecule has 1 saturated heterocycles. The summed E-state index contributed by atoms with van der Waals surface area (Å²) in [4.78, 5) is 14.1. The zero-order chi connectivity index (χ0) is 13.0. The standard InChI is InChI=1S/C15H20N2O/c1-2-12-8-10-17(11-9-12)15(18)14(16)13-6-4-3-5-7-13/h2-7,12,14H,1,8-11,16H2/t14-/m0/s1.